The minimum atomic E-state index is -3.74. The Balaban J connectivity index is 2.00. The number of aromatic nitrogens is 2. The average Bonchev–Trinajstić information content (AvgIpc) is 2.85. The molecule has 2 amide bonds. The van der Waals surface area contributed by atoms with Crippen molar-refractivity contribution >= 4 is 21.7 Å². The van der Waals surface area contributed by atoms with Gasteiger partial charge in [-0.1, -0.05) is 25.9 Å². The molecule has 10 heteroatoms. The molecule has 0 atom stereocenters. The van der Waals surface area contributed by atoms with Gasteiger partial charge in [0.1, 0.15) is 11.5 Å². The van der Waals surface area contributed by atoms with E-state index in [-0.39, 0.29) is 23.7 Å². The second-order valence-corrected chi connectivity index (χ2v) is 8.53. The maximum atomic E-state index is 12.1. The van der Waals surface area contributed by atoms with Crippen LogP contribution in [0.4, 0.5) is 0 Å². The van der Waals surface area contributed by atoms with Crippen LogP contribution >= 0.6 is 0 Å². The van der Waals surface area contributed by atoms with Crippen LogP contribution in [0.2, 0.25) is 0 Å². The average molecular weight is 344 g/mol. The Bertz CT molecular complexity index is 704. The first-order chi connectivity index (χ1) is 10.6. The van der Waals surface area contributed by atoms with Crippen LogP contribution in [0.15, 0.2) is 4.52 Å². The van der Waals surface area contributed by atoms with Crippen LogP contribution in [0.1, 0.15) is 32.5 Å². The van der Waals surface area contributed by atoms with Gasteiger partial charge in [-0.15, -0.1) is 0 Å². The number of hydrogen-bond acceptors (Lipinski definition) is 7. The van der Waals surface area contributed by atoms with Gasteiger partial charge in [0, 0.05) is 18.5 Å². The number of rotatable bonds is 4. The molecule has 1 aromatic rings. The van der Waals surface area contributed by atoms with E-state index in [2.05, 4.69) is 15.5 Å². The minimum Gasteiger partial charge on any atom is -0.353 e. The summed E-state index contributed by atoms with van der Waals surface area (Å²) in [4.78, 5) is 28.5. The van der Waals surface area contributed by atoms with E-state index in [1.54, 1.807) is 0 Å². The highest BCUT2D eigenvalue weighted by Crippen LogP contribution is 2.20. The molecule has 0 bridgehead atoms. The number of carbonyl (C=O) groups excluding carboxylic acids is 2. The standard InChI is InChI=1S/C13H20N4O5S/c1-13(2,3)12-15-9(16-22-12)7-23(20,21)8-11(19)17-5-4-14-10(18)6-17/h4-8H2,1-3H3,(H,14,18). The second-order valence-electron chi connectivity index (χ2n) is 6.46. The molecule has 0 spiro atoms. The smallest absolute Gasteiger partial charge is 0.239 e. The van der Waals surface area contributed by atoms with Crippen LogP contribution in [-0.2, 0) is 30.6 Å². The fourth-order valence-electron chi connectivity index (χ4n) is 2.00. The van der Waals surface area contributed by atoms with E-state index < -0.39 is 27.3 Å². The summed E-state index contributed by atoms with van der Waals surface area (Å²) in [6.45, 7) is 6.10. The molecular formula is C13H20N4O5S. The maximum Gasteiger partial charge on any atom is 0.239 e. The zero-order valence-electron chi connectivity index (χ0n) is 13.3. The largest absolute Gasteiger partial charge is 0.353 e. The van der Waals surface area contributed by atoms with E-state index in [9.17, 15) is 18.0 Å². The molecule has 1 aliphatic rings. The molecular weight excluding hydrogens is 324 g/mol. The highest BCUT2D eigenvalue weighted by molar-refractivity contribution is 7.91. The van der Waals surface area contributed by atoms with Gasteiger partial charge in [0.25, 0.3) is 0 Å². The van der Waals surface area contributed by atoms with E-state index in [0.29, 0.717) is 19.0 Å². The summed E-state index contributed by atoms with van der Waals surface area (Å²) in [7, 11) is -3.74. The summed E-state index contributed by atoms with van der Waals surface area (Å²) in [6, 6.07) is 0. The third kappa shape index (κ3) is 4.75. The molecule has 2 heterocycles. The summed E-state index contributed by atoms with van der Waals surface area (Å²) in [6.07, 6.45) is 0. The molecule has 1 saturated heterocycles. The number of nitrogens with one attached hydrogen (secondary N) is 1. The molecule has 0 aliphatic carbocycles. The van der Waals surface area contributed by atoms with Crippen molar-refractivity contribution in [3.8, 4) is 0 Å². The highest BCUT2D eigenvalue weighted by Gasteiger charge is 2.28. The van der Waals surface area contributed by atoms with Crippen molar-refractivity contribution in [3.05, 3.63) is 11.7 Å². The van der Waals surface area contributed by atoms with Gasteiger partial charge in [0.15, 0.2) is 15.7 Å². The van der Waals surface area contributed by atoms with E-state index >= 15 is 0 Å². The lowest BCUT2D eigenvalue weighted by atomic mass is 9.97. The summed E-state index contributed by atoms with van der Waals surface area (Å²) in [5.41, 5.74) is -0.383. The van der Waals surface area contributed by atoms with E-state index in [1.165, 1.54) is 4.90 Å². The number of carbonyl (C=O) groups is 2. The quantitative estimate of drug-likeness (QED) is 0.761. The molecule has 128 valence electrons. The van der Waals surface area contributed by atoms with Crippen LogP contribution in [0.5, 0.6) is 0 Å². The monoisotopic (exact) mass is 344 g/mol. The zero-order chi connectivity index (χ0) is 17.3. The normalized spacial score (nSPS) is 16.3. The molecule has 23 heavy (non-hydrogen) atoms. The lowest BCUT2D eigenvalue weighted by molar-refractivity contribution is -0.136. The Hall–Kier alpha value is -1.97. The minimum absolute atomic E-state index is 0.0270. The van der Waals surface area contributed by atoms with Crippen LogP contribution in [0.25, 0.3) is 0 Å². The molecule has 9 nitrogen and oxygen atoms in total. The van der Waals surface area contributed by atoms with Crippen LogP contribution in [0.3, 0.4) is 0 Å². The van der Waals surface area contributed by atoms with Gasteiger partial charge in [0.05, 0.1) is 6.54 Å². The van der Waals surface area contributed by atoms with Crippen molar-refractivity contribution in [2.75, 3.05) is 25.4 Å². The van der Waals surface area contributed by atoms with Crippen molar-refractivity contribution in [3.63, 3.8) is 0 Å². The second kappa shape index (κ2) is 6.26. The molecule has 1 N–H and O–H groups in total. The summed E-state index contributed by atoms with van der Waals surface area (Å²) < 4.78 is 29.3. The molecule has 1 aromatic heterocycles. The summed E-state index contributed by atoms with van der Waals surface area (Å²) in [5.74, 6) is -1.69. The van der Waals surface area contributed by atoms with Crippen molar-refractivity contribution in [1.29, 1.82) is 0 Å². The number of amides is 2. The van der Waals surface area contributed by atoms with Gasteiger partial charge in [-0.2, -0.15) is 4.98 Å². The van der Waals surface area contributed by atoms with Gasteiger partial charge >= 0.3 is 0 Å². The topological polar surface area (TPSA) is 122 Å². The SMILES string of the molecule is CC(C)(C)c1nc(CS(=O)(=O)CC(=O)N2CCNC(=O)C2)no1. The Morgan fingerprint density at radius 1 is 1.39 bits per heavy atom. The first-order valence-corrected chi connectivity index (χ1v) is 8.97. The highest BCUT2D eigenvalue weighted by atomic mass is 32.2. The van der Waals surface area contributed by atoms with Crippen LogP contribution < -0.4 is 5.32 Å². The predicted octanol–water partition coefficient (Wildman–Crippen LogP) is -0.760. The van der Waals surface area contributed by atoms with Gasteiger partial charge in [-0.05, 0) is 0 Å². The zero-order valence-corrected chi connectivity index (χ0v) is 14.1. The van der Waals surface area contributed by atoms with Crippen LogP contribution in [0, 0.1) is 0 Å². The van der Waals surface area contributed by atoms with Gasteiger partial charge in [-0.25, -0.2) is 8.42 Å². The Kier molecular flexibility index (Phi) is 4.73. The third-order valence-corrected chi connectivity index (χ3v) is 4.58. The number of piperazine rings is 1. The van der Waals surface area contributed by atoms with Crippen molar-refractivity contribution in [1.82, 2.24) is 20.4 Å². The Morgan fingerprint density at radius 2 is 2.09 bits per heavy atom. The Labute approximate surface area is 134 Å². The lowest BCUT2D eigenvalue weighted by Crippen LogP contribution is -2.51. The van der Waals surface area contributed by atoms with Gasteiger partial charge in [-0.3, -0.25) is 9.59 Å². The molecule has 0 aromatic carbocycles. The van der Waals surface area contributed by atoms with Crippen LogP contribution in [-0.4, -0.2) is 60.7 Å². The van der Waals surface area contributed by atoms with Crippen molar-refractivity contribution < 1.29 is 22.5 Å². The van der Waals surface area contributed by atoms with Crippen molar-refractivity contribution in [2.45, 2.75) is 31.9 Å². The Morgan fingerprint density at radius 3 is 2.65 bits per heavy atom. The summed E-state index contributed by atoms with van der Waals surface area (Å²) >= 11 is 0. The first-order valence-electron chi connectivity index (χ1n) is 7.15. The first kappa shape index (κ1) is 17.4. The number of sulfone groups is 1. The van der Waals surface area contributed by atoms with Crippen molar-refractivity contribution in [2.24, 2.45) is 0 Å². The van der Waals surface area contributed by atoms with Gasteiger partial charge in [0.2, 0.25) is 17.7 Å². The molecule has 1 fully saturated rings. The van der Waals surface area contributed by atoms with E-state index in [0.717, 1.165) is 0 Å². The molecule has 2 rings (SSSR count). The van der Waals surface area contributed by atoms with Gasteiger partial charge < -0.3 is 14.7 Å². The number of nitrogens with zero attached hydrogens (tertiary/aromatic N) is 3. The molecule has 1 aliphatic heterocycles. The van der Waals surface area contributed by atoms with E-state index in [4.69, 9.17) is 4.52 Å². The number of hydrogen-bond donors (Lipinski definition) is 1. The molecule has 0 radical (unpaired) electrons. The predicted molar refractivity (Wildman–Crippen MR) is 80.1 cm³/mol. The lowest BCUT2D eigenvalue weighted by Gasteiger charge is -2.26. The fourth-order valence-corrected chi connectivity index (χ4v) is 3.17. The maximum absolute atomic E-state index is 12.1. The third-order valence-electron chi connectivity index (χ3n) is 3.19. The van der Waals surface area contributed by atoms with E-state index in [1.807, 2.05) is 20.8 Å². The summed E-state index contributed by atoms with van der Waals surface area (Å²) in [5, 5.41) is 6.22. The molecule has 0 saturated carbocycles. The fraction of sp³-hybridized carbons (Fsp3) is 0.692. The molecule has 0 unspecified atom stereocenters.